The Morgan fingerprint density at radius 1 is 1.09 bits per heavy atom. The number of nitrogens with one attached hydrogen (secondary N) is 2. The van der Waals surface area contributed by atoms with Crippen LogP contribution in [0.15, 0.2) is 53.4 Å². The van der Waals surface area contributed by atoms with Crippen molar-refractivity contribution in [2.45, 2.75) is 36.9 Å². The van der Waals surface area contributed by atoms with Gasteiger partial charge in [0, 0.05) is 13.1 Å². The van der Waals surface area contributed by atoms with Gasteiger partial charge in [-0.2, -0.15) is 17.5 Å². The van der Waals surface area contributed by atoms with Gasteiger partial charge in [-0.1, -0.05) is 24.3 Å². The highest BCUT2D eigenvalue weighted by Gasteiger charge is 2.36. The zero-order valence-electron chi connectivity index (χ0n) is 17.8. The maximum atomic E-state index is 13.4. The second kappa shape index (κ2) is 9.60. The Kier molecular flexibility index (Phi) is 7.26. The van der Waals surface area contributed by atoms with Gasteiger partial charge in [-0.3, -0.25) is 4.79 Å². The third-order valence-corrected chi connectivity index (χ3v) is 7.91. The lowest BCUT2D eigenvalue weighted by Gasteiger charge is -2.34. The molecule has 0 spiro atoms. The molecule has 10 heteroatoms. The summed E-state index contributed by atoms with van der Waals surface area (Å²) in [6.07, 6.45) is -3.04. The highest BCUT2D eigenvalue weighted by molar-refractivity contribution is 7.89. The number of alkyl halides is 3. The molecule has 1 aliphatic heterocycles. The smallest absolute Gasteiger partial charge is 0.321 e. The van der Waals surface area contributed by atoms with Crippen molar-refractivity contribution < 1.29 is 26.4 Å². The first kappa shape index (κ1) is 24.2. The van der Waals surface area contributed by atoms with E-state index < -0.39 is 33.2 Å². The summed E-state index contributed by atoms with van der Waals surface area (Å²) in [5, 5.41) is 5.61. The van der Waals surface area contributed by atoms with Crippen molar-refractivity contribution in [2.24, 2.45) is 5.92 Å². The molecule has 1 fully saturated rings. The van der Waals surface area contributed by atoms with Crippen LogP contribution >= 0.6 is 0 Å². The van der Waals surface area contributed by atoms with Crippen molar-refractivity contribution in [3.8, 4) is 0 Å². The van der Waals surface area contributed by atoms with E-state index in [1.807, 2.05) is 6.92 Å². The quantitative estimate of drug-likeness (QED) is 0.671. The number of amides is 1. The molecule has 3 rings (SSSR count). The van der Waals surface area contributed by atoms with Gasteiger partial charge < -0.3 is 10.6 Å². The first-order chi connectivity index (χ1) is 15.0. The van der Waals surface area contributed by atoms with Gasteiger partial charge in [0.15, 0.2) is 0 Å². The molecule has 0 unspecified atom stereocenters. The molecule has 1 aliphatic rings. The van der Waals surface area contributed by atoms with Gasteiger partial charge in [0.1, 0.15) is 4.90 Å². The summed E-state index contributed by atoms with van der Waals surface area (Å²) < 4.78 is 67.9. The number of hydrogen-bond donors (Lipinski definition) is 2. The number of sulfonamides is 1. The number of para-hydroxylation sites is 1. The molecule has 0 bridgehead atoms. The summed E-state index contributed by atoms with van der Waals surface area (Å²) in [5.41, 5.74) is -1.74. The van der Waals surface area contributed by atoms with E-state index in [2.05, 4.69) is 10.6 Å². The van der Waals surface area contributed by atoms with E-state index in [0.717, 1.165) is 38.1 Å². The van der Waals surface area contributed by atoms with Crippen molar-refractivity contribution in [3.63, 3.8) is 0 Å². The van der Waals surface area contributed by atoms with Gasteiger partial charge >= 0.3 is 6.18 Å². The number of benzene rings is 2. The Bertz CT molecular complexity index is 1070. The molecule has 1 amide bonds. The van der Waals surface area contributed by atoms with E-state index in [9.17, 15) is 26.4 Å². The van der Waals surface area contributed by atoms with E-state index in [1.54, 1.807) is 0 Å². The summed E-state index contributed by atoms with van der Waals surface area (Å²) in [6, 6.07) is 9.83. The molecule has 32 heavy (non-hydrogen) atoms. The van der Waals surface area contributed by atoms with Crippen LogP contribution in [0.3, 0.4) is 0 Å². The highest BCUT2D eigenvalue weighted by atomic mass is 32.2. The number of anilines is 1. The molecular formula is C22H26F3N3O3S. The fraction of sp³-hybridized carbons (Fsp3) is 0.409. The predicted octanol–water partition coefficient (Wildman–Crippen LogP) is 3.97. The average molecular weight is 470 g/mol. The number of carbonyl (C=O) groups excluding carboxylic acids is 1. The minimum absolute atomic E-state index is 0.0705. The van der Waals surface area contributed by atoms with Gasteiger partial charge in [-0.05, 0) is 63.0 Å². The topological polar surface area (TPSA) is 78.5 Å². The first-order valence-corrected chi connectivity index (χ1v) is 11.7. The summed E-state index contributed by atoms with van der Waals surface area (Å²) in [7, 11) is -2.52. The van der Waals surface area contributed by atoms with E-state index in [1.165, 1.54) is 47.8 Å². The van der Waals surface area contributed by atoms with Crippen LogP contribution in [-0.2, 0) is 16.2 Å². The minimum atomic E-state index is -4.72. The Hall–Kier alpha value is -2.43. The van der Waals surface area contributed by atoms with Crippen molar-refractivity contribution in [2.75, 3.05) is 25.5 Å². The molecule has 0 aromatic heterocycles. The molecule has 1 atom stereocenters. The molecule has 2 N–H and O–H groups in total. The zero-order chi connectivity index (χ0) is 23.5. The Labute approximate surface area is 185 Å². The Morgan fingerprint density at radius 2 is 1.69 bits per heavy atom. The fourth-order valence-electron chi connectivity index (χ4n) is 3.91. The number of piperidine rings is 1. The molecule has 6 nitrogen and oxygen atoms in total. The van der Waals surface area contributed by atoms with Crippen LogP contribution in [0.2, 0.25) is 0 Å². The molecule has 0 saturated carbocycles. The Balaban J connectivity index is 1.90. The maximum Gasteiger partial charge on any atom is 0.417 e. The standard InChI is InChI=1S/C22H26F3N3O3S/c1-15(16-11-13-26-14-12-16)28(2)32(30,31)20-10-6-5-9-19(20)27-21(29)17-7-3-4-8-18(17)22(23,24)25/h3-10,15-16,26H,11-14H2,1-2H3,(H,27,29)/t15-/m1/s1. The molecule has 0 aliphatic carbocycles. The van der Waals surface area contributed by atoms with Crippen LogP contribution < -0.4 is 10.6 Å². The summed E-state index contributed by atoms with van der Waals surface area (Å²) in [6.45, 7) is 3.47. The average Bonchev–Trinajstić information content (AvgIpc) is 2.78. The molecule has 174 valence electrons. The number of halogens is 3. The molecular weight excluding hydrogens is 443 g/mol. The fourth-order valence-corrected chi connectivity index (χ4v) is 5.48. The number of hydrogen-bond acceptors (Lipinski definition) is 4. The number of nitrogens with zero attached hydrogens (tertiary/aromatic N) is 1. The van der Waals surface area contributed by atoms with E-state index in [4.69, 9.17) is 0 Å². The van der Waals surface area contributed by atoms with Gasteiger partial charge in [-0.25, -0.2) is 8.42 Å². The summed E-state index contributed by atoms with van der Waals surface area (Å²) >= 11 is 0. The largest absolute Gasteiger partial charge is 0.417 e. The van der Waals surface area contributed by atoms with E-state index in [0.29, 0.717) is 0 Å². The first-order valence-electron chi connectivity index (χ1n) is 10.3. The van der Waals surface area contributed by atoms with Crippen LogP contribution in [0.1, 0.15) is 35.7 Å². The SMILES string of the molecule is C[C@H](C1CCNCC1)N(C)S(=O)(=O)c1ccccc1NC(=O)c1ccccc1C(F)(F)F. The third kappa shape index (κ3) is 5.13. The second-order valence-corrected chi connectivity index (χ2v) is 9.81. The lowest BCUT2D eigenvalue weighted by molar-refractivity contribution is -0.137. The van der Waals surface area contributed by atoms with Gasteiger partial charge in [0.25, 0.3) is 5.91 Å². The van der Waals surface area contributed by atoms with Crippen molar-refractivity contribution in [1.82, 2.24) is 9.62 Å². The zero-order valence-corrected chi connectivity index (χ0v) is 18.6. The van der Waals surface area contributed by atoms with Crippen LogP contribution in [0.4, 0.5) is 18.9 Å². The lowest BCUT2D eigenvalue weighted by atomic mass is 9.91. The van der Waals surface area contributed by atoms with Crippen LogP contribution in [0, 0.1) is 5.92 Å². The van der Waals surface area contributed by atoms with E-state index in [-0.39, 0.29) is 22.5 Å². The number of carbonyl (C=O) groups is 1. The summed E-state index contributed by atoms with van der Waals surface area (Å²) in [5.74, 6) is -0.855. The molecule has 0 radical (unpaired) electrons. The monoisotopic (exact) mass is 469 g/mol. The van der Waals surface area contributed by atoms with Crippen molar-refractivity contribution in [3.05, 3.63) is 59.7 Å². The highest BCUT2D eigenvalue weighted by Crippen LogP contribution is 2.33. The van der Waals surface area contributed by atoms with Gasteiger partial charge in [0.05, 0.1) is 16.8 Å². The maximum absolute atomic E-state index is 13.4. The van der Waals surface area contributed by atoms with E-state index >= 15 is 0 Å². The third-order valence-electron chi connectivity index (χ3n) is 5.91. The van der Waals surface area contributed by atoms with Gasteiger partial charge in [-0.15, -0.1) is 0 Å². The minimum Gasteiger partial charge on any atom is -0.321 e. The second-order valence-electron chi connectivity index (χ2n) is 7.84. The summed E-state index contributed by atoms with van der Waals surface area (Å²) in [4.78, 5) is 12.5. The van der Waals surface area contributed by atoms with Crippen LogP contribution in [-0.4, -0.2) is 44.8 Å². The molecule has 1 heterocycles. The van der Waals surface area contributed by atoms with Gasteiger partial charge in [0.2, 0.25) is 10.0 Å². The van der Waals surface area contributed by atoms with Crippen LogP contribution in [0.25, 0.3) is 0 Å². The normalized spacial score (nSPS) is 16.7. The van der Waals surface area contributed by atoms with Crippen molar-refractivity contribution in [1.29, 1.82) is 0 Å². The predicted molar refractivity (Wildman–Crippen MR) is 116 cm³/mol. The number of rotatable bonds is 6. The molecule has 2 aromatic rings. The van der Waals surface area contributed by atoms with Crippen molar-refractivity contribution >= 4 is 21.6 Å². The molecule has 1 saturated heterocycles. The lowest BCUT2D eigenvalue weighted by Crippen LogP contribution is -2.43. The Morgan fingerprint density at radius 3 is 2.34 bits per heavy atom. The molecule has 2 aromatic carbocycles. The van der Waals surface area contributed by atoms with Crippen LogP contribution in [0.5, 0.6) is 0 Å².